The second-order valence-corrected chi connectivity index (χ2v) is 5.03. The fourth-order valence-corrected chi connectivity index (χ4v) is 1.15. The van der Waals surface area contributed by atoms with Gasteiger partial charge in [0.2, 0.25) is 11.1 Å². The quantitative estimate of drug-likeness (QED) is 0.261. The van der Waals surface area contributed by atoms with Crippen molar-refractivity contribution in [3.8, 4) is 0 Å². The SMILES string of the molecule is CCC(C)(COCOCC(C)(CC)[N+](=O)[O-])[N+](=O)[O-]. The van der Waals surface area contributed by atoms with Crippen molar-refractivity contribution in [3.63, 3.8) is 0 Å². The van der Waals surface area contributed by atoms with Crippen molar-refractivity contribution < 1.29 is 19.3 Å². The maximum absolute atomic E-state index is 10.8. The van der Waals surface area contributed by atoms with Crippen molar-refractivity contribution in [2.24, 2.45) is 0 Å². The molecule has 2 unspecified atom stereocenters. The Hall–Kier alpha value is -1.28. The Kier molecular flexibility index (Phi) is 6.85. The van der Waals surface area contributed by atoms with Crippen LogP contribution in [0.5, 0.6) is 0 Å². The molecular formula is C11H22N2O6. The van der Waals surface area contributed by atoms with Gasteiger partial charge in [-0.1, -0.05) is 13.8 Å². The van der Waals surface area contributed by atoms with Gasteiger partial charge in [0.25, 0.3) is 0 Å². The van der Waals surface area contributed by atoms with E-state index in [2.05, 4.69) is 0 Å². The van der Waals surface area contributed by atoms with E-state index in [9.17, 15) is 20.2 Å². The Bertz CT molecular complexity index is 294. The second-order valence-electron chi connectivity index (χ2n) is 5.03. The van der Waals surface area contributed by atoms with Crippen LogP contribution in [-0.2, 0) is 9.47 Å². The summed E-state index contributed by atoms with van der Waals surface area (Å²) in [5.74, 6) is 0. The van der Waals surface area contributed by atoms with Gasteiger partial charge in [-0.15, -0.1) is 0 Å². The number of ether oxygens (including phenoxy) is 2. The van der Waals surface area contributed by atoms with Crippen molar-refractivity contribution in [2.75, 3.05) is 20.0 Å². The van der Waals surface area contributed by atoms with Crippen molar-refractivity contribution in [1.82, 2.24) is 0 Å². The van der Waals surface area contributed by atoms with Crippen molar-refractivity contribution in [3.05, 3.63) is 20.2 Å². The minimum absolute atomic E-state index is 0.0855. The number of nitro groups is 2. The first-order valence-corrected chi connectivity index (χ1v) is 6.16. The highest BCUT2D eigenvalue weighted by atomic mass is 16.7. The summed E-state index contributed by atoms with van der Waals surface area (Å²) in [6.07, 6.45) is 0.670. The highest BCUT2D eigenvalue weighted by molar-refractivity contribution is 4.71. The van der Waals surface area contributed by atoms with Crippen LogP contribution in [0.15, 0.2) is 0 Å². The van der Waals surface area contributed by atoms with Crippen molar-refractivity contribution in [1.29, 1.82) is 0 Å². The van der Waals surface area contributed by atoms with Crippen LogP contribution in [0.1, 0.15) is 40.5 Å². The molecule has 0 aromatic heterocycles. The molecule has 2 atom stereocenters. The summed E-state index contributed by atoms with van der Waals surface area (Å²) >= 11 is 0. The Morgan fingerprint density at radius 2 is 1.21 bits per heavy atom. The minimum atomic E-state index is -1.15. The van der Waals surface area contributed by atoms with Gasteiger partial charge in [-0.05, 0) is 0 Å². The molecule has 0 N–H and O–H groups in total. The van der Waals surface area contributed by atoms with E-state index in [0.717, 1.165) is 0 Å². The summed E-state index contributed by atoms with van der Waals surface area (Å²) in [7, 11) is 0. The number of nitrogens with zero attached hydrogens (tertiary/aromatic N) is 2. The molecule has 0 aliphatic rings. The van der Waals surface area contributed by atoms with E-state index >= 15 is 0 Å². The first-order chi connectivity index (χ1) is 8.72. The Labute approximate surface area is 112 Å². The van der Waals surface area contributed by atoms with Gasteiger partial charge in [0.05, 0.1) is 0 Å². The zero-order chi connectivity index (χ0) is 15.1. The molecule has 8 nitrogen and oxygen atoms in total. The third-order valence-electron chi connectivity index (χ3n) is 3.40. The monoisotopic (exact) mass is 278 g/mol. The normalized spacial score (nSPS) is 17.5. The average molecular weight is 278 g/mol. The van der Waals surface area contributed by atoms with Crippen molar-refractivity contribution in [2.45, 2.75) is 51.6 Å². The molecule has 0 radical (unpaired) electrons. The molecule has 112 valence electrons. The van der Waals surface area contributed by atoms with Gasteiger partial charge in [-0.3, -0.25) is 20.2 Å². The second kappa shape index (κ2) is 7.34. The summed E-state index contributed by atoms with van der Waals surface area (Å²) in [5.41, 5.74) is -2.30. The fraction of sp³-hybridized carbons (Fsp3) is 1.00. The first kappa shape index (κ1) is 17.7. The highest BCUT2D eigenvalue weighted by Crippen LogP contribution is 2.16. The van der Waals surface area contributed by atoms with Crippen LogP contribution in [0.2, 0.25) is 0 Å². The lowest BCUT2D eigenvalue weighted by Gasteiger charge is -2.21. The predicted octanol–water partition coefficient (Wildman–Crippen LogP) is 1.87. The van der Waals surface area contributed by atoms with E-state index in [0.29, 0.717) is 12.8 Å². The minimum Gasteiger partial charge on any atom is -0.348 e. The molecule has 0 aliphatic carbocycles. The number of rotatable bonds is 10. The molecule has 0 aromatic carbocycles. The molecule has 0 bridgehead atoms. The van der Waals surface area contributed by atoms with E-state index in [1.54, 1.807) is 13.8 Å². The molecule has 19 heavy (non-hydrogen) atoms. The molecule has 0 aliphatic heterocycles. The summed E-state index contributed by atoms with van der Waals surface area (Å²) in [5, 5.41) is 21.6. The summed E-state index contributed by atoms with van der Waals surface area (Å²) in [6.45, 7) is 6.02. The van der Waals surface area contributed by atoms with Gasteiger partial charge in [0.1, 0.15) is 20.0 Å². The molecule has 0 rings (SSSR count). The van der Waals surface area contributed by atoms with Crippen LogP contribution in [0.25, 0.3) is 0 Å². The largest absolute Gasteiger partial charge is 0.348 e. The molecule has 0 aromatic rings. The van der Waals surface area contributed by atoms with E-state index in [-0.39, 0.29) is 29.9 Å². The summed E-state index contributed by atoms with van der Waals surface area (Å²) in [4.78, 5) is 20.8. The van der Waals surface area contributed by atoms with Gasteiger partial charge in [-0.25, -0.2) is 0 Å². The predicted molar refractivity (Wildman–Crippen MR) is 68.2 cm³/mol. The van der Waals surface area contributed by atoms with Crippen LogP contribution in [-0.4, -0.2) is 40.9 Å². The molecular weight excluding hydrogens is 256 g/mol. The summed E-state index contributed by atoms with van der Waals surface area (Å²) < 4.78 is 10.2. The maximum Gasteiger partial charge on any atom is 0.242 e. The van der Waals surface area contributed by atoms with Gasteiger partial charge in [-0.2, -0.15) is 0 Å². The third-order valence-corrected chi connectivity index (χ3v) is 3.40. The highest BCUT2D eigenvalue weighted by Gasteiger charge is 2.37. The molecule has 0 fully saturated rings. The van der Waals surface area contributed by atoms with Crippen LogP contribution >= 0.6 is 0 Å². The number of hydrogen-bond acceptors (Lipinski definition) is 6. The molecule has 0 saturated heterocycles. The topological polar surface area (TPSA) is 105 Å². The molecule has 0 amide bonds. The fourth-order valence-electron chi connectivity index (χ4n) is 1.15. The van der Waals surface area contributed by atoms with Crippen LogP contribution in [0, 0.1) is 20.2 Å². The van der Waals surface area contributed by atoms with E-state index in [4.69, 9.17) is 9.47 Å². The Morgan fingerprint density at radius 1 is 0.895 bits per heavy atom. The first-order valence-electron chi connectivity index (χ1n) is 6.16. The Balaban J connectivity index is 4.06. The van der Waals surface area contributed by atoms with Crippen molar-refractivity contribution >= 4 is 0 Å². The van der Waals surface area contributed by atoms with E-state index in [1.807, 2.05) is 0 Å². The summed E-state index contributed by atoms with van der Waals surface area (Å²) in [6, 6.07) is 0. The van der Waals surface area contributed by atoms with Crippen LogP contribution in [0.3, 0.4) is 0 Å². The maximum atomic E-state index is 10.8. The zero-order valence-electron chi connectivity index (χ0n) is 11.9. The third kappa shape index (κ3) is 5.07. The lowest BCUT2D eigenvalue weighted by molar-refractivity contribution is -0.574. The molecule has 0 spiro atoms. The van der Waals surface area contributed by atoms with Gasteiger partial charge in [0, 0.05) is 36.5 Å². The Morgan fingerprint density at radius 3 is 1.42 bits per heavy atom. The lowest BCUT2D eigenvalue weighted by atomic mass is 10.0. The van der Waals surface area contributed by atoms with Gasteiger partial charge in [0.15, 0.2) is 0 Å². The van der Waals surface area contributed by atoms with Gasteiger partial charge >= 0.3 is 0 Å². The smallest absolute Gasteiger partial charge is 0.242 e. The standard InChI is InChI=1S/C11H22N2O6/c1-5-10(3,12(14)15)7-18-9-19-8-11(4,6-2)13(16)17/h5-9H2,1-4H3. The van der Waals surface area contributed by atoms with Crippen LogP contribution in [0.4, 0.5) is 0 Å². The molecule has 0 heterocycles. The van der Waals surface area contributed by atoms with Crippen LogP contribution < -0.4 is 0 Å². The van der Waals surface area contributed by atoms with Gasteiger partial charge < -0.3 is 9.47 Å². The average Bonchev–Trinajstić information content (AvgIpc) is 2.37. The number of hydrogen-bond donors (Lipinski definition) is 0. The van der Waals surface area contributed by atoms with E-state index in [1.165, 1.54) is 13.8 Å². The molecule has 8 heteroatoms. The zero-order valence-corrected chi connectivity index (χ0v) is 11.9. The lowest BCUT2D eigenvalue weighted by Crippen LogP contribution is -2.41. The van der Waals surface area contributed by atoms with E-state index < -0.39 is 11.1 Å². The molecule has 0 saturated carbocycles.